The number of pyridine rings is 2. The van der Waals surface area contributed by atoms with E-state index in [0.29, 0.717) is 17.4 Å². The fourth-order valence-electron chi connectivity index (χ4n) is 1.63. The summed E-state index contributed by atoms with van der Waals surface area (Å²) in [4.78, 5) is 16.5. The van der Waals surface area contributed by atoms with Crippen molar-refractivity contribution in [3.8, 4) is 0 Å². The number of ether oxygens (including phenoxy) is 1. The molecule has 0 aliphatic carbocycles. The fourth-order valence-corrected chi connectivity index (χ4v) is 1.63. The maximum absolute atomic E-state index is 12.1. The Kier molecular flexibility index (Phi) is 7.95. The van der Waals surface area contributed by atoms with Crippen LogP contribution in [0.2, 0.25) is 0 Å². The van der Waals surface area contributed by atoms with Crippen molar-refractivity contribution in [2.24, 2.45) is 0 Å². The topological polar surface area (TPSA) is 52.1 Å². The monoisotopic (exact) mass is 392 g/mol. The predicted octanol–water partition coefficient (Wildman–Crippen LogP) is 4.56. The van der Waals surface area contributed by atoms with Crippen molar-refractivity contribution < 1.29 is 35.9 Å². The summed E-state index contributed by atoms with van der Waals surface area (Å²) in [6.07, 6.45) is -3.02. The number of methoxy groups -OCH3 is 1. The molecule has 2 aromatic heterocycles. The molecule has 2 heterocycles. The molecule has 0 amide bonds. The molecule has 0 spiro atoms. The zero-order valence-corrected chi connectivity index (χ0v) is 13.9. The summed E-state index contributed by atoms with van der Waals surface area (Å²) in [5.74, 6) is 0. The molecule has 0 bridgehead atoms. The van der Waals surface area contributed by atoms with Crippen LogP contribution in [-0.2, 0) is 28.3 Å². The Morgan fingerprint density at radius 2 is 1.48 bits per heavy atom. The summed E-state index contributed by atoms with van der Waals surface area (Å²) >= 11 is 0. The van der Waals surface area contributed by atoms with Gasteiger partial charge in [0.1, 0.15) is 17.7 Å². The van der Waals surface area contributed by atoms with E-state index in [9.17, 15) is 31.1 Å². The first kappa shape index (κ1) is 22.1. The van der Waals surface area contributed by atoms with E-state index in [-0.39, 0.29) is 6.42 Å². The Labute approximate surface area is 150 Å². The first-order valence-corrected chi connectivity index (χ1v) is 7.26. The molecule has 0 radical (unpaired) electrons. The summed E-state index contributed by atoms with van der Waals surface area (Å²) < 4.78 is 76.7. The second kappa shape index (κ2) is 9.70. The molecule has 0 saturated heterocycles. The largest absolute Gasteiger partial charge is 0.504 e. The van der Waals surface area contributed by atoms with Crippen LogP contribution >= 0.6 is 0 Å². The van der Waals surface area contributed by atoms with Crippen LogP contribution < -0.4 is 0 Å². The van der Waals surface area contributed by atoms with Gasteiger partial charge < -0.3 is 9.53 Å². The van der Waals surface area contributed by atoms with Crippen LogP contribution in [0.3, 0.4) is 0 Å². The van der Waals surface area contributed by atoms with E-state index >= 15 is 0 Å². The smallest absolute Gasteiger partial charge is 0.433 e. The summed E-state index contributed by atoms with van der Waals surface area (Å²) in [6.45, 7) is 0. The molecular formula is C17H14F6N2O2. The summed E-state index contributed by atoms with van der Waals surface area (Å²) in [7, 11) is 1.45. The minimum absolute atomic E-state index is 0.0884. The van der Waals surface area contributed by atoms with E-state index in [2.05, 4.69) is 14.7 Å². The van der Waals surface area contributed by atoms with Gasteiger partial charge in [0.2, 0.25) is 0 Å². The highest BCUT2D eigenvalue weighted by molar-refractivity contribution is 5.54. The van der Waals surface area contributed by atoms with Crippen LogP contribution in [0.5, 0.6) is 0 Å². The number of rotatable bonds is 4. The third kappa shape index (κ3) is 7.89. The number of hydrogen-bond acceptors (Lipinski definition) is 4. The van der Waals surface area contributed by atoms with Crippen LogP contribution in [0.1, 0.15) is 22.5 Å². The first-order valence-electron chi connectivity index (χ1n) is 7.26. The molecule has 10 heteroatoms. The van der Waals surface area contributed by atoms with Gasteiger partial charge in [0.05, 0.1) is 13.4 Å². The van der Waals surface area contributed by atoms with E-state index < -0.39 is 23.7 Å². The van der Waals surface area contributed by atoms with E-state index in [1.165, 1.54) is 31.6 Å². The number of carbonyl (C=O) groups is 1. The molecular weight excluding hydrogens is 378 g/mol. The van der Waals surface area contributed by atoms with Crippen molar-refractivity contribution >= 4 is 12.4 Å². The SMILES string of the molecule is CO/C=C\c1ccc(C(F)(F)F)nc1.O=CCc1ccc(C(F)(F)F)nc1. The van der Waals surface area contributed by atoms with Gasteiger partial charge in [-0.1, -0.05) is 12.1 Å². The molecule has 2 rings (SSSR count). The van der Waals surface area contributed by atoms with Gasteiger partial charge in [-0.3, -0.25) is 9.97 Å². The lowest BCUT2D eigenvalue weighted by molar-refractivity contribution is -0.142. The molecule has 0 saturated carbocycles. The quantitative estimate of drug-likeness (QED) is 0.435. The highest BCUT2D eigenvalue weighted by Gasteiger charge is 2.32. The molecule has 0 aliphatic heterocycles. The summed E-state index contributed by atoms with van der Waals surface area (Å²) in [5.41, 5.74) is -0.808. The molecule has 146 valence electrons. The van der Waals surface area contributed by atoms with Gasteiger partial charge in [0, 0.05) is 18.8 Å². The second-order valence-electron chi connectivity index (χ2n) is 4.93. The van der Waals surface area contributed by atoms with E-state index in [1.54, 1.807) is 0 Å². The van der Waals surface area contributed by atoms with Crippen molar-refractivity contribution in [2.75, 3.05) is 7.11 Å². The number of alkyl halides is 6. The number of aromatic nitrogens is 2. The zero-order chi connectivity index (χ0) is 20.5. The third-order valence-electron chi connectivity index (χ3n) is 2.91. The van der Waals surface area contributed by atoms with E-state index in [4.69, 9.17) is 0 Å². The molecule has 0 fully saturated rings. The lowest BCUT2D eigenvalue weighted by Crippen LogP contribution is -2.07. The van der Waals surface area contributed by atoms with E-state index in [0.717, 1.165) is 24.5 Å². The third-order valence-corrected chi connectivity index (χ3v) is 2.91. The Morgan fingerprint density at radius 1 is 0.926 bits per heavy atom. The van der Waals surface area contributed by atoms with Gasteiger partial charge in [0.25, 0.3) is 0 Å². The van der Waals surface area contributed by atoms with Crippen molar-refractivity contribution in [1.29, 1.82) is 0 Å². The van der Waals surface area contributed by atoms with Crippen LogP contribution in [0, 0.1) is 0 Å². The minimum atomic E-state index is -4.42. The van der Waals surface area contributed by atoms with Gasteiger partial charge >= 0.3 is 12.4 Å². The molecule has 2 aromatic rings. The van der Waals surface area contributed by atoms with Gasteiger partial charge in [0.15, 0.2) is 0 Å². The van der Waals surface area contributed by atoms with Crippen LogP contribution in [0.15, 0.2) is 42.9 Å². The molecule has 0 aliphatic rings. The highest BCUT2D eigenvalue weighted by Crippen LogP contribution is 2.27. The molecule has 0 unspecified atom stereocenters. The van der Waals surface area contributed by atoms with Gasteiger partial charge in [-0.2, -0.15) is 26.3 Å². The van der Waals surface area contributed by atoms with Crippen molar-refractivity contribution in [3.05, 3.63) is 65.4 Å². The van der Waals surface area contributed by atoms with Crippen LogP contribution in [0.25, 0.3) is 6.08 Å². The Morgan fingerprint density at radius 3 is 1.85 bits per heavy atom. The van der Waals surface area contributed by atoms with Crippen LogP contribution in [0.4, 0.5) is 26.3 Å². The van der Waals surface area contributed by atoms with Gasteiger partial charge in [-0.05, 0) is 29.3 Å². The van der Waals surface area contributed by atoms with Gasteiger partial charge in [-0.15, -0.1) is 0 Å². The molecule has 27 heavy (non-hydrogen) atoms. The van der Waals surface area contributed by atoms with Crippen LogP contribution in [-0.4, -0.2) is 23.4 Å². The first-order chi connectivity index (χ1) is 12.6. The normalized spacial score (nSPS) is 11.7. The number of halogens is 6. The summed E-state index contributed by atoms with van der Waals surface area (Å²) in [5, 5.41) is 0. The number of nitrogens with zero attached hydrogens (tertiary/aromatic N) is 2. The molecule has 0 atom stereocenters. The number of hydrogen-bond donors (Lipinski definition) is 0. The lowest BCUT2D eigenvalue weighted by Gasteiger charge is -2.04. The van der Waals surface area contributed by atoms with Crippen molar-refractivity contribution in [2.45, 2.75) is 18.8 Å². The fraction of sp³-hybridized carbons (Fsp3) is 0.235. The lowest BCUT2D eigenvalue weighted by atomic mass is 10.2. The predicted molar refractivity (Wildman–Crippen MR) is 84.3 cm³/mol. The standard InChI is InChI=1S/C9H8F3NO.C8H6F3NO/c1-14-5-4-7-2-3-8(13-6-7)9(10,11)12;9-8(10,11)7-2-1-6(3-4-13)5-12-7/h2-6H,1H3;1-2,4-5H,3H2/b5-4-;. The maximum Gasteiger partial charge on any atom is 0.433 e. The number of aldehydes is 1. The Bertz CT molecular complexity index is 738. The summed E-state index contributed by atoms with van der Waals surface area (Å²) in [6, 6.07) is 4.35. The molecule has 0 aromatic carbocycles. The zero-order valence-electron chi connectivity index (χ0n) is 13.9. The number of carbonyl (C=O) groups excluding carboxylic acids is 1. The molecule has 0 N–H and O–H groups in total. The Balaban J connectivity index is 0.000000271. The highest BCUT2D eigenvalue weighted by atomic mass is 19.4. The molecule has 4 nitrogen and oxygen atoms in total. The van der Waals surface area contributed by atoms with E-state index in [1.807, 2.05) is 0 Å². The van der Waals surface area contributed by atoms with Crippen molar-refractivity contribution in [3.63, 3.8) is 0 Å². The Hall–Kier alpha value is -2.91. The minimum Gasteiger partial charge on any atom is -0.504 e. The maximum atomic E-state index is 12.1. The average molecular weight is 392 g/mol. The second-order valence-corrected chi connectivity index (χ2v) is 4.93. The average Bonchev–Trinajstić information content (AvgIpc) is 2.60. The van der Waals surface area contributed by atoms with Crippen molar-refractivity contribution in [1.82, 2.24) is 9.97 Å². The van der Waals surface area contributed by atoms with Gasteiger partial charge in [-0.25, -0.2) is 0 Å².